The van der Waals surface area contributed by atoms with E-state index in [2.05, 4.69) is 15.4 Å². The Morgan fingerprint density at radius 2 is 1.82 bits per heavy atom. The van der Waals surface area contributed by atoms with Crippen LogP contribution in [0.2, 0.25) is 0 Å². The van der Waals surface area contributed by atoms with Crippen LogP contribution < -0.4 is 0 Å². The second-order valence-corrected chi connectivity index (χ2v) is 4.58. The predicted molar refractivity (Wildman–Crippen MR) is 73.9 cm³/mol. The van der Waals surface area contributed by atoms with Crippen molar-refractivity contribution in [1.82, 2.24) is 20.2 Å². The number of carbonyl (C=O) groups excluding carboxylic acids is 1. The molecule has 3 rings (SSSR count). The molecule has 0 bridgehead atoms. The van der Waals surface area contributed by atoms with Gasteiger partial charge in [0, 0.05) is 11.1 Å². The molecule has 0 amide bonds. The first-order valence-corrected chi connectivity index (χ1v) is 6.44. The molecule has 0 saturated carbocycles. The van der Waals surface area contributed by atoms with Crippen molar-refractivity contribution in [2.75, 3.05) is 0 Å². The highest BCUT2D eigenvalue weighted by molar-refractivity contribution is 5.95. The Kier molecular flexibility index (Phi) is 3.69. The Bertz CT molecular complexity index is 814. The third-order valence-electron chi connectivity index (χ3n) is 2.99. The van der Waals surface area contributed by atoms with Crippen molar-refractivity contribution in [1.29, 1.82) is 0 Å². The first kappa shape index (κ1) is 14.0. The average Bonchev–Trinajstić information content (AvgIpc) is 2.96. The van der Waals surface area contributed by atoms with Crippen LogP contribution in [-0.4, -0.2) is 26.0 Å². The molecule has 3 aromatic rings. The minimum Gasteiger partial charge on any atom is -0.292 e. The summed E-state index contributed by atoms with van der Waals surface area (Å²) in [5.41, 5.74) is 0.825. The number of halogens is 2. The van der Waals surface area contributed by atoms with E-state index in [0.717, 1.165) is 4.80 Å². The molecule has 0 saturated heterocycles. The summed E-state index contributed by atoms with van der Waals surface area (Å²) in [6.45, 7) is -0.131. The largest absolute Gasteiger partial charge is 0.292 e. The Morgan fingerprint density at radius 1 is 1.05 bits per heavy atom. The summed E-state index contributed by atoms with van der Waals surface area (Å²) in [5, 5.41) is 11.6. The van der Waals surface area contributed by atoms with Gasteiger partial charge in [-0.05, 0) is 41.6 Å². The highest BCUT2D eigenvalue weighted by Crippen LogP contribution is 2.14. The van der Waals surface area contributed by atoms with E-state index in [0.29, 0.717) is 11.1 Å². The molecular formula is C15H10F2N4O. The fourth-order valence-corrected chi connectivity index (χ4v) is 1.91. The molecule has 0 radical (unpaired) electrons. The van der Waals surface area contributed by atoms with E-state index in [9.17, 15) is 13.6 Å². The number of hydrogen-bond donors (Lipinski definition) is 0. The summed E-state index contributed by atoms with van der Waals surface area (Å²) in [4.78, 5) is 13.1. The molecule has 110 valence electrons. The highest BCUT2D eigenvalue weighted by Gasteiger charge is 2.11. The van der Waals surface area contributed by atoms with Crippen molar-refractivity contribution < 1.29 is 13.6 Å². The van der Waals surface area contributed by atoms with Crippen molar-refractivity contribution in [2.24, 2.45) is 0 Å². The first-order valence-electron chi connectivity index (χ1n) is 6.44. The molecule has 0 atom stereocenters. The van der Waals surface area contributed by atoms with Crippen molar-refractivity contribution >= 4 is 5.78 Å². The maximum Gasteiger partial charge on any atom is 0.205 e. The molecule has 22 heavy (non-hydrogen) atoms. The van der Waals surface area contributed by atoms with Gasteiger partial charge in [0.15, 0.2) is 5.78 Å². The van der Waals surface area contributed by atoms with Gasteiger partial charge in [-0.25, -0.2) is 8.78 Å². The number of rotatable bonds is 4. The highest BCUT2D eigenvalue weighted by atomic mass is 19.1. The second kappa shape index (κ2) is 5.80. The Labute approximate surface area is 124 Å². The Balaban J connectivity index is 1.77. The molecule has 0 aliphatic carbocycles. The molecule has 1 aromatic heterocycles. The third-order valence-corrected chi connectivity index (χ3v) is 2.99. The molecule has 0 N–H and O–H groups in total. The first-order chi connectivity index (χ1) is 10.6. The lowest BCUT2D eigenvalue weighted by atomic mass is 10.1. The number of tetrazole rings is 1. The van der Waals surface area contributed by atoms with Crippen LogP contribution in [0.3, 0.4) is 0 Å². The lowest BCUT2D eigenvalue weighted by Crippen LogP contribution is -2.13. The molecule has 5 nitrogen and oxygen atoms in total. The van der Waals surface area contributed by atoms with Gasteiger partial charge in [0.25, 0.3) is 0 Å². The van der Waals surface area contributed by atoms with Crippen molar-refractivity contribution in [3.63, 3.8) is 0 Å². The zero-order valence-corrected chi connectivity index (χ0v) is 11.3. The summed E-state index contributed by atoms with van der Waals surface area (Å²) < 4.78 is 26.0. The molecule has 0 fully saturated rings. The minimum absolute atomic E-state index is 0.131. The van der Waals surface area contributed by atoms with Crippen LogP contribution in [0, 0.1) is 11.6 Å². The zero-order chi connectivity index (χ0) is 15.5. The molecular weight excluding hydrogens is 290 g/mol. The van der Waals surface area contributed by atoms with Gasteiger partial charge in [0.1, 0.15) is 18.2 Å². The van der Waals surface area contributed by atoms with Gasteiger partial charge in [-0.1, -0.05) is 12.1 Å². The van der Waals surface area contributed by atoms with Gasteiger partial charge in [-0.2, -0.15) is 4.80 Å². The van der Waals surface area contributed by atoms with Crippen LogP contribution in [0.4, 0.5) is 8.78 Å². The average molecular weight is 300 g/mol. The van der Waals surface area contributed by atoms with Gasteiger partial charge in [0.2, 0.25) is 5.82 Å². The number of benzene rings is 2. The molecule has 2 aromatic carbocycles. The summed E-state index contributed by atoms with van der Waals surface area (Å²) >= 11 is 0. The van der Waals surface area contributed by atoms with E-state index in [-0.39, 0.29) is 18.2 Å². The number of ketones is 1. The standard InChI is InChI=1S/C15H10F2N4O/c16-12-6-4-10(5-7-12)14(22)9-21-19-15(18-20-21)11-2-1-3-13(17)8-11/h1-8H,9H2. The van der Waals surface area contributed by atoms with E-state index in [4.69, 9.17) is 0 Å². The molecule has 0 aliphatic heterocycles. The topological polar surface area (TPSA) is 60.7 Å². The molecule has 1 heterocycles. The maximum atomic E-state index is 13.2. The minimum atomic E-state index is -0.413. The van der Waals surface area contributed by atoms with Gasteiger partial charge in [-0.3, -0.25) is 4.79 Å². The van der Waals surface area contributed by atoms with Crippen LogP contribution in [0.15, 0.2) is 48.5 Å². The van der Waals surface area contributed by atoms with E-state index in [1.54, 1.807) is 6.07 Å². The van der Waals surface area contributed by atoms with Gasteiger partial charge in [0.05, 0.1) is 0 Å². The Hall–Kier alpha value is -2.96. The van der Waals surface area contributed by atoms with E-state index < -0.39 is 11.6 Å². The van der Waals surface area contributed by atoms with Crippen LogP contribution >= 0.6 is 0 Å². The fourth-order valence-electron chi connectivity index (χ4n) is 1.91. The third kappa shape index (κ3) is 3.03. The normalized spacial score (nSPS) is 10.6. The van der Waals surface area contributed by atoms with Gasteiger partial charge < -0.3 is 0 Å². The number of Topliss-reactive ketones (excluding diaryl/α,β-unsaturated/α-hetero) is 1. The van der Waals surface area contributed by atoms with Crippen LogP contribution in [0.25, 0.3) is 11.4 Å². The summed E-state index contributed by atoms with van der Waals surface area (Å²) in [6.07, 6.45) is 0. The lowest BCUT2D eigenvalue weighted by molar-refractivity contribution is 0.0961. The molecule has 0 spiro atoms. The maximum absolute atomic E-state index is 13.2. The van der Waals surface area contributed by atoms with Crippen molar-refractivity contribution in [2.45, 2.75) is 6.54 Å². The lowest BCUT2D eigenvalue weighted by Gasteiger charge is -1.99. The van der Waals surface area contributed by atoms with Crippen molar-refractivity contribution in [3.05, 3.63) is 65.7 Å². The number of aromatic nitrogens is 4. The second-order valence-electron chi connectivity index (χ2n) is 4.58. The van der Waals surface area contributed by atoms with Crippen LogP contribution in [0.1, 0.15) is 10.4 Å². The fraction of sp³-hybridized carbons (Fsp3) is 0.0667. The molecule has 0 aliphatic rings. The van der Waals surface area contributed by atoms with Gasteiger partial charge >= 0.3 is 0 Å². The zero-order valence-electron chi connectivity index (χ0n) is 11.3. The monoisotopic (exact) mass is 300 g/mol. The van der Waals surface area contributed by atoms with Crippen molar-refractivity contribution in [3.8, 4) is 11.4 Å². The van der Waals surface area contributed by atoms with E-state index >= 15 is 0 Å². The molecule has 7 heteroatoms. The SMILES string of the molecule is O=C(Cn1nnc(-c2cccc(F)c2)n1)c1ccc(F)cc1. The summed E-state index contributed by atoms with van der Waals surface area (Å²) in [6, 6.07) is 11.0. The summed E-state index contributed by atoms with van der Waals surface area (Å²) in [5.74, 6) is -0.866. The summed E-state index contributed by atoms with van der Waals surface area (Å²) in [7, 11) is 0. The van der Waals surface area contributed by atoms with Crippen LogP contribution in [-0.2, 0) is 6.54 Å². The van der Waals surface area contributed by atoms with E-state index in [1.807, 2.05) is 0 Å². The van der Waals surface area contributed by atoms with E-state index in [1.165, 1.54) is 42.5 Å². The number of nitrogens with zero attached hydrogens (tertiary/aromatic N) is 4. The molecule has 0 unspecified atom stereocenters. The quantitative estimate of drug-likeness (QED) is 0.695. The predicted octanol–water partition coefficient (Wildman–Crippen LogP) is 2.50. The Morgan fingerprint density at radius 3 is 2.55 bits per heavy atom. The van der Waals surface area contributed by atoms with Crippen LogP contribution in [0.5, 0.6) is 0 Å². The number of hydrogen-bond acceptors (Lipinski definition) is 4. The smallest absolute Gasteiger partial charge is 0.205 e. The van der Waals surface area contributed by atoms with Gasteiger partial charge in [-0.15, -0.1) is 10.2 Å². The number of carbonyl (C=O) groups is 1.